The number of Topliss-reactive ketones (excluding diaryl/α,β-unsaturated/α-hetero) is 1. The lowest BCUT2D eigenvalue weighted by Crippen LogP contribution is -2.77. The SMILES string of the molecule is COc1ccc2c3c1OC1C(=O)C(=CN(C)C)C[C@@]4(O)[C@@H](C2)N(CC2CC2)CC[C@]314. The third kappa shape index (κ3) is 2.19. The van der Waals surface area contributed by atoms with Crippen molar-refractivity contribution < 1.29 is 19.4 Å². The minimum Gasteiger partial charge on any atom is -0.493 e. The number of methoxy groups -OCH3 is 1. The number of hydrogen-bond donors (Lipinski definition) is 1. The summed E-state index contributed by atoms with van der Waals surface area (Å²) in [5, 5.41) is 12.5. The quantitative estimate of drug-likeness (QED) is 0.765. The van der Waals surface area contributed by atoms with Gasteiger partial charge in [-0.05, 0) is 49.8 Å². The molecule has 6 rings (SSSR count). The fourth-order valence-electron chi connectivity index (χ4n) is 6.76. The van der Waals surface area contributed by atoms with Crippen LogP contribution in [0.25, 0.3) is 0 Å². The summed E-state index contributed by atoms with van der Waals surface area (Å²) in [6.07, 6.45) is 5.68. The average Bonchev–Trinajstić information content (AvgIpc) is 3.44. The molecular weight excluding hydrogens is 380 g/mol. The van der Waals surface area contributed by atoms with E-state index in [9.17, 15) is 9.90 Å². The van der Waals surface area contributed by atoms with E-state index in [0.29, 0.717) is 23.5 Å². The zero-order valence-corrected chi connectivity index (χ0v) is 18.0. The third-order valence-corrected chi connectivity index (χ3v) is 8.15. The molecule has 5 aliphatic rings. The zero-order chi connectivity index (χ0) is 20.8. The molecule has 2 saturated carbocycles. The van der Waals surface area contributed by atoms with Crippen LogP contribution in [0, 0.1) is 5.92 Å². The Morgan fingerprint density at radius 1 is 1.37 bits per heavy atom. The molecule has 0 aromatic heterocycles. The van der Waals surface area contributed by atoms with Crippen molar-refractivity contribution in [1.82, 2.24) is 9.80 Å². The second-order valence-electron chi connectivity index (χ2n) is 10.1. The minimum absolute atomic E-state index is 0.00320. The first kappa shape index (κ1) is 18.7. The van der Waals surface area contributed by atoms with Crippen molar-refractivity contribution in [2.24, 2.45) is 5.92 Å². The molecule has 2 aliphatic heterocycles. The molecule has 6 nitrogen and oxygen atoms in total. The van der Waals surface area contributed by atoms with Gasteiger partial charge in [-0.3, -0.25) is 9.69 Å². The lowest BCUT2D eigenvalue weighted by molar-refractivity contribution is -0.180. The molecule has 6 heteroatoms. The highest BCUT2D eigenvalue weighted by Crippen LogP contribution is 2.65. The highest BCUT2D eigenvalue weighted by atomic mass is 16.5. The minimum atomic E-state index is -1.02. The van der Waals surface area contributed by atoms with Gasteiger partial charge in [0.25, 0.3) is 0 Å². The van der Waals surface area contributed by atoms with Crippen molar-refractivity contribution in [2.45, 2.75) is 55.3 Å². The molecule has 1 spiro atoms. The van der Waals surface area contributed by atoms with E-state index < -0.39 is 17.1 Å². The van der Waals surface area contributed by atoms with Crippen molar-refractivity contribution >= 4 is 5.78 Å². The van der Waals surface area contributed by atoms with Crippen LogP contribution in [0.5, 0.6) is 11.5 Å². The fourth-order valence-corrected chi connectivity index (χ4v) is 6.76. The lowest BCUT2D eigenvalue weighted by atomic mass is 9.48. The van der Waals surface area contributed by atoms with Crippen molar-refractivity contribution in [3.63, 3.8) is 0 Å². The van der Waals surface area contributed by atoms with Gasteiger partial charge in [-0.2, -0.15) is 0 Å². The maximum absolute atomic E-state index is 13.6. The smallest absolute Gasteiger partial charge is 0.201 e. The van der Waals surface area contributed by atoms with Gasteiger partial charge in [-0.15, -0.1) is 0 Å². The second kappa shape index (κ2) is 6.01. The number of hydrogen-bond acceptors (Lipinski definition) is 6. The molecule has 0 amide bonds. The van der Waals surface area contributed by atoms with Crippen LogP contribution >= 0.6 is 0 Å². The maximum atomic E-state index is 13.6. The summed E-state index contributed by atoms with van der Waals surface area (Å²) < 4.78 is 12.0. The van der Waals surface area contributed by atoms with Gasteiger partial charge in [0.1, 0.15) is 0 Å². The molecule has 160 valence electrons. The summed E-state index contributed by atoms with van der Waals surface area (Å²) in [6, 6.07) is 4.08. The predicted molar refractivity (Wildman–Crippen MR) is 112 cm³/mol. The number of benzene rings is 1. The number of aliphatic hydroxyl groups is 1. The summed E-state index contributed by atoms with van der Waals surface area (Å²) in [6.45, 7) is 1.95. The number of nitrogens with zero attached hydrogens (tertiary/aromatic N) is 2. The molecule has 3 aliphatic carbocycles. The monoisotopic (exact) mass is 410 g/mol. The van der Waals surface area contributed by atoms with Crippen LogP contribution in [-0.2, 0) is 16.6 Å². The van der Waals surface area contributed by atoms with Gasteiger partial charge in [-0.1, -0.05) is 6.07 Å². The first-order valence-corrected chi connectivity index (χ1v) is 11.1. The van der Waals surface area contributed by atoms with E-state index >= 15 is 0 Å². The van der Waals surface area contributed by atoms with E-state index in [1.54, 1.807) is 7.11 Å². The largest absolute Gasteiger partial charge is 0.493 e. The summed E-state index contributed by atoms with van der Waals surface area (Å²) in [5.74, 6) is 2.10. The van der Waals surface area contributed by atoms with Crippen molar-refractivity contribution in [3.05, 3.63) is 35.0 Å². The predicted octanol–water partition coefficient (Wildman–Crippen LogP) is 1.88. The van der Waals surface area contributed by atoms with Gasteiger partial charge >= 0.3 is 0 Å². The third-order valence-electron chi connectivity index (χ3n) is 8.15. The second-order valence-corrected chi connectivity index (χ2v) is 10.1. The van der Waals surface area contributed by atoms with E-state index in [4.69, 9.17) is 9.47 Å². The first-order valence-electron chi connectivity index (χ1n) is 11.1. The number of ketones is 1. The summed E-state index contributed by atoms with van der Waals surface area (Å²) in [5.41, 5.74) is 1.20. The van der Waals surface area contributed by atoms with Gasteiger partial charge in [0.05, 0.1) is 18.1 Å². The van der Waals surface area contributed by atoms with E-state index in [-0.39, 0.29) is 11.8 Å². The van der Waals surface area contributed by atoms with E-state index in [1.807, 2.05) is 31.3 Å². The average molecular weight is 411 g/mol. The number of ether oxygens (including phenoxy) is 2. The highest BCUT2D eigenvalue weighted by Gasteiger charge is 2.74. The first-order chi connectivity index (χ1) is 14.4. The maximum Gasteiger partial charge on any atom is 0.201 e. The Balaban J connectivity index is 1.57. The van der Waals surface area contributed by atoms with Crippen LogP contribution in [0.3, 0.4) is 0 Å². The lowest BCUT2D eigenvalue weighted by Gasteiger charge is -2.62. The molecular formula is C24H30N2O4. The normalized spacial score (nSPS) is 37.7. The Hall–Kier alpha value is -2.05. The van der Waals surface area contributed by atoms with E-state index in [0.717, 1.165) is 37.4 Å². The van der Waals surface area contributed by atoms with Crippen LogP contribution < -0.4 is 9.47 Å². The number of rotatable bonds is 4. The molecule has 1 aromatic carbocycles. The molecule has 1 aromatic rings. The molecule has 1 N–H and O–H groups in total. The van der Waals surface area contributed by atoms with Crippen LogP contribution in [0.2, 0.25) is 0 Å². The molecule has 2 bridgehead atoms. The Morgan fingerprint density at radius 3 is 2.87 bits per heavy atom. The highest BCUT2D eigenvalue weighted by molar-refractivity contribution is 6.03. The van der Waals surface area contributed by atoms with Gasteiger partial charge in [0.2, 0.25) is 5.78 Å². The van der Waals surface area contributed by atoms with Crippen molar-refractivity contribution in [1.29, 1.82) is 0 Å². The Bertz CT molecular complexity index is 968. The fraction of sp³-hybridized carbons (Fsp3) is 0.625. The van der Waals surface area contributed by atoms with Crippen LogP contribution in [0.15, 0.2) is 23.9 Å². The molecule has 2 heterocycles. The van der Waals surface area contributed by atoms with Crippen molar-refractivity contribution in [2.75, 3.05) is 34.3 Å². The molecule has 30 heavy (non-hydrogen) atoms. The summed E-state index contributed by atoms with van der Waals surface area (Å²) in [4.78, 5) is 18.0. The summed E-state index contributed by atoms with van der Waals surface area (Å²) in [7, 11) is 5.47. The van der Waals surface area contributed by atoms with E-state index in [2.05, 4.69) is 11.0 Å². The molecule has 4 atom stereocenters. The van der Waals surface area contributed by atoms with Crippen LogP contribution in [0.4, 0.5) is 0 Å². The van der Waals surface area contributed by atoms with E-state index in [1.165, 1.54) is 18.4 Å². The molecule has 1 saturated heterocycles. The zero-order valence-electron chi connectivity index (χ0n) is 18.0. The van der Waals surface area contributed by atoms with Gasteiger partial charge in [0.15, 0.2) is 17.6 Å². The molecule has 1 unspecified atom stereocenters. The van der Waals surface area contributed by atoms with Crippen LogP contribution in [0.1, 0.15) is 36.8 Å². The standard InChI is InChI=1S/C24H30N2O4/c1-25(2)13-16-11-24(28)18-10-15-6-7-17(29-3)21-19(15)23(24,22(30-21)20(16)27)8-9-26(18)12-14-4-5-14/h6-7,13-14,18,22,28H,4-5,8-12H2,1-3H3/t18-,22?,23+,24-/m1/s1. The van der Waals surface area contributed by atoms with Gasteiger partial charge < -0.3 is 19.5 Å². The Morgan fingerprint density at radius 2 is 2.17 bits per heavy atom. The Kier molecular flexibility index (Phi) is 3.75. The molecule has 0 radical (unpaired) electrons. The number of carbonyl (C=O) groups excluding carboxylic acids is 1. The Labute approximate surface area is 177 Å². The number of likely N-dealkylation sites (tertiary alicyclic amines) is 1. The van der Waals surface area contributed by atoms with Gasteiger partial charge in [0, 0.05) is 50.4 Å². The van der Waals surface area contributed by atoms with Gasteiger partial charge in [-0.25, -0.2) is 0 Å². The van der Waals surface area contributed by atoms with Crippen molar-refractivity contribution in [3.8, 4) is 11.5 Å². The molecule has 3 fully saturated rings. The number of piperidine rings is 1. The van der Waals surface area contributed by atoms with Crippen LogP contribution in [-0.4, -0.2) is 72.7 Å². The number of carbonyl (C=O) groups is 1. The topological polar surface area (TPSA) is 62.2 Å². The summed E-state index contributed by atoms with van der Waals surface area (Å²) >= 11 is 0.